The molecule has 0 bridgehead atoms. The highest BCUT2D eigenvalue weighted by molar-refractivity contribution is 7.89. The van der Waals surface area contributed by atoms with Gasteiger partial charge in [-0.15, -0.1) is 0 Å². The molecule has 4 fully saturated rings. The Bertz CT molecular complexity index is 2260. The Labute approximate surface area is 355 Å². The van der Waals surface area contributed by atoms with Gasteiger partial charge >= 0.3 is 6.18 Å². The Balaban J connectivity index is 0.933. The third-order valence-corrected chi connectivity index (χ3v) is 13.7. The molecule has 4 N–H and O–H groups in total. The molecule has 14 nitrogen and oxygen atoms in total. The van der Waals surface area contributed by atoms with Crippen molar-refractivity contribution in [3.8, 4) is 0 Å². The minimum absolute atomic E-state index is 0.0391. The summed E-state index contributed by atoms with van der Waals surface area (Å²) >= 11 is 0. The second kappa shape index (κ2) is 18.3. The molecule has 3 aromatic rings. The van der Waals surface area contributed by atoms with Crippen molar-refractivity contribution >= 4 is 45.0 Å². The fourth-order valence-corrected chi connectivity index (χ4v) is 10.3. The molecule has 1 aromatic heterocycles. The summed E-state index contributed by atoms with van der Waals surface area (Å²) < 4.78 is 123. The van der Waals surface area contributed by atoms with Gasteiger partial charge in [-0.05, 0) is 82.1 Å². The molecule has 0 radical (unpaired) electrons. The summed E-state index contributed by atoms with van der Waals surface area (Å²) in [4.78, 5) is 36.6. The number of halogens is 6. The van der Waals surface area contributed by atoms with Gasteiger partial charge in [0.2, 0.25) is 27.8 Å². The monoisotopic (exact) mass is 896 g/mol. The highest BCUT2D eigenvalue weighted by atomic mass is 32.2. The van der Waals surface area contributed by atoms with Crippen molar-refractivity contribution < 1.29 is 54.2 Å². The third kappa shape index (κ3) is 10.4. The molecule has 21 heteroatoms. The lowest BCUT2D eigenvalue weighted by Gasteiger charge is -2.44. The van der Waals surface area contributed by atoms with Crippen LogP contribution in [0.25, 0.3) is 0 Å². The first-order chi connectivity index (χ1) is 29.3. The number of hydrogen-bond acceptors (Lipinski definition) is 12. The first kappa shape index (κ1) is 45.5. The van der Waals surface area contributed by atoms with Gasteiger partial charge in [0.25, 0.3) is 0 Å². The van der Waals surface area contributed by atoms with Crippen molar-refractivity contribution in [3.05, 3.63) is 65.1 Å². The largest absolute Gasteiger partial charge is 0.421 e. The van der Waals surface area contributed by atoms with Crippen molar-refractivity contribution in [1.29, 1.82) is 0 Å². The Morgan fingerprint density at radius 2 is 1.74 bits per heavy atom. The fourth-order valence-electron chi connectivity index (χ4n) is 9.00. The highest BCUT2D eigenvalue weighted by Gasteiger charge is 2.40. The summed E-state index contributed by atoms with van der Waals surface area (Å²) in [6, 6.07) is 4.70. The van der Waals surface area contributed by atoms with Crippen molar-refractivity contribution in [1.82, 2.24) is 24.9 Å². The molecule has 7 rings (SSSR count). The number of methoxy groups -OCH3 is 1. The van der Waals surface area contributed by atoms with Crippen molar-refractivity contribution in [2.45, 2.75) is 93.0 Å². The topological polar surface area (TPSA) is 169 Å². The Hall–Kier alpha value is -4.57. The molecular weight excluding hydrogens is 847 g/mol. The van der Waals surface area contributed by atoms with E-state index in [-0.39, 0.29) is 65.7 Å². The smallest absolute Gasteiger partial charge is 0.388 e. The SMILES string of the molecule is COC[C@H]1CN(c2cc(F)c(C3CCC(=O)NC3=O)cc2F)CCN1CC1CCC(NS(=O)(=O)c2ccc(Nc3ncc(C(F)(F)F)c(N4CCC[C@](C)(O)C4)n3)c(F)c2)CC1. The molecule has 3 aliphatic heterocycles. The van der Waals surface area contributed by atoms with Gasteiger partial charge in [0, 0.05) is 76.7 Å². The van der Waals surface area contributed by atoms with E-state index in [1.807, 2.05) is 0 Å². The summed E-state index contributed by atoms with van der Waals surface area (Å²) in [6.45, 7) is 3.91. The predicted octanol–water partition coefficient (Wildman–Crippen LogP) is 5.20. The molecule has 3 atom stereocenters. The van der Waals surface area contributed by atoms with Gasteiger partial charge < -0.3 is 25.0 Å². The summed E-state index contributed by atoms with van der Waals surface area (Å²) in [5, 5.41) is 15.2. The number of benzene rings is 2. The molecule has 62 heavy (non-hydrogen) atoms. The van der Waals surface area contributed by atoms with E-state index in [1.54, 1.807) is 12.0 Å². The minimum Gasteiger partial charge on any atom is -0.388 e. The van der Waals surface area contributed by atoms with Crippen molar-refractivity contribution in [3.63, 3.8) is 0 Å². The van der Waals surface area contributed by atoms with E-state index in [9.17, 15) is 36.3 Å². The third-order valence-electron chi connectivity index (χ3n) is 12.2. The summed E-state index contributed by atoms with van der Waals surface area (Å²) in [5.41, 5.74) is -2.62. The number of carbonyl (C=O) groups excluding carboxylic acids is 2. The molecule has 4 heterocycles. The summed E-state index contributed by atoms with van der Waals surface area (Å²) in [5.74, 6) is -5.04. The molecule has 2 amide bonds. The molecule has 3 saturated heterocycles. The first-order valence-electron chi connectivity index (χ1n) is 20.6. The number of aromatic nitrogens is 2. The summed E-state index contributed by atoms with van der Waals surface area (Å²) in [6.07, 6.45) is -0.825. The number of ether oxygens (including phenoxy) is 1. The number of hydrogen-bond donors (Lipinski definition) is 4. The second-order valence-corrected chi connectivity index (χ2v) is 18.6. The zero-order valence-corrected chi connectivity index (χ0v) is 35.1. The van der Waals surface area contributed by atoms with Gasteiger partial charge in [-0.25, -0.2) is 31.3 Å². The molecule has 1 aliphatic carbocycles. The number of aliphatic hydroxyl groups is 1. The van der Waals surface area contributed by atoms with Crippen LogP contribution in [0.1, 0.15) is 75.3 Å². The zero-order valence-electron chi connectivity index (χ0n) is 34.3. The molecule has 0 spiro atoms. The summed E-state index contributed by atoms with van der Waals surface area (Å²) in [7, 11) is -2.61. The number of sulfonamides is 1. The maximum absolute atomic E-state index is 15.5. The fraction of sp³-hybridized carbons (Fsp3) is 0.561. The van der Waals surface area contributed by atoms with Crippen LogP contribution in [0.3, 0.4) is 0 Å². The maximum Gasteiger partial charge on any atom is 0.421 e. The molecule has 338 valence electrons. The number of carbonyl (C=O) groups is 2. The van der Waals surface area contributed by atoms with Gasteiger partial charge in [0.15, 0.2) is 0 Å². The molecule has 4 aliphatic rings. The number of amides is 2. The Kier molecular flexibility index (Phi) is 13.4. The van der Waals surface area contributed by atoms with E-state index in [1.165, 1.54) is 17.9 Å². The quantitative estimate of drug-likeness (QED) is 0.139. The number of nitrogens with zero attached hydrogens (tertiary/aromatic N) is 5. The van der Waals surface area contributed by atoms with Crippen molar-refractivity contribution in [2.75, 3.05) is 68.1 Å². The van der Waals surface area contributed by atoms with Crippen LogP contribution < -0.4 is 25.2 Å². The van der Waals surface area contributed by atoms with Gasteiger partial charge in [-0.2, -0.15) is 18.2 Å². The lowest BCUT2D eigenvalue weighted by Crippen LogP contribution is -2.56. The van der Waals surface area contributed by atoms with Crippen LogP contribution in [0.2, 0.25) is 0 Å². The van der Waals surface area contributed by atoms with E-state index in [2.05, 4.69) is 30.2 Å². The van der Waals surface area contributed by atoms with Gasteiger partial charge in [0.1, 0.15) is 28.8 Å². The number of piperidine rings is 2. The van der Waals surface area contributed by atoms with Crippen LogP contribution in [0.5, 0.6) is 0 Å². The highest BCUT2D eigenvalue weighted by Crippen LogP contribution is 2.38. The van der Waals surface area contributed by atoms with Gasteiger partial charge in [-0.3, -0.25) is 19.8 Å². The standard InChI is InChI=1S/C41H50F6N8O6S/c1-40(58)12-3-13-55(23-40)37-30(41(45,46)47)19-48-39(51-37)49-34-10-8-27(16-32(34)43)62(59,60)52-25-6-4-24(5-7-25)20-53-14-15-54(21-26(53)22-61-2)35-18-31(42)29(17-33(35)44)28-9-11-36(56)50-38(28)57/h8,10,16-19,24-26,28,52,58H,3-7,9,11-15,20-23H2,1-2H3,(H,48,49,51)(H,50,56,57)/t24?,25?,26-,28?,40+/m1/s1. The van der Waals surface area contributed by atoms with Crippen LogP contribution in [0.4, 0.5) is 49.5 Å². The predicted molar refractivity (Wildman–Crippen MR) is 216 cm³/mol. The van der Waals surface area contributed by atoms with Gasteiger partial charge in [0.05, 0.1) is 40.4 Å². The van der Waals surface area contributed by atoms with Crippen LogP contribution in [-0.2, 0) is 30.5 Å². The number of imide groups is 1. The second-order valence-electron chi connectivity index (χ2n) is 16.9. The maximum atomic E-state index is 15.5. The van der Waals surface area contributed by atoms with E-state index < -0.39 is 74.4 Å². The number of alkyl halides is 3. The number of anilines is 4. The number of rotatable bonds is 12. The average Bonchev–Trinajstić information content (AvgIpc) is 3.20. The lowest BCUT2D eigenvalue weighted by molar-refractivity contribution is -0.138. The Morgan fingerprint density at radius 1 is 0.984 bits per heavy atom. The van der Waals surface area contributed by atoms with Crippen LogP contribution in [-0.4, -0.2) is 111 Å². The van der Waals surface area contributed by atoms with E-state index >= 15 is 13.2 Å². The normalized spacial score (nSPS) is 25.5. The van der Waals surface area contributed by atoms with E-state index in [0.717, 1.165) is 24.3 Å². The Morgan fingerprint density at radius 3 is 2.42 bits per heavy atom. The molecular formula is C41H50F6N8O6S. The van der Waals surface area contributed by atoms with E-state index in [0.29, 0.717) is 77.5 Å². The zero-order chi connectivity index (χ0) is 44.6. The number of piperazine rings is 1. The van der Waals surface area contributed by atoms with Crippen LogP contribution >= 0.6 is 0 Å². The molecule has 2 aromatic carbocycles. The first-order valence-corrected chi connectivity index (χ1v) is 22.1. The number of β-amino-alcohol motifs (C(OH)–C–C–N with tert-alkyl or cyclic N) is 1. The van der Waals surface area contributed by atoms with Crippen molar-refractivity contribution in [2.24, 2.45) is 5.92 Å². The average molecular weight is 897 g/mol. The number of nitrogens with one attached hydrogen (secondary N) is 3. The minimum atomic E-state index is -4.79. The van der Waals surface area contributed by atoms with Crippen LogP contribution in [0.15, 0.2) is 41.4 Å². The van der Waals surface area contributed by atoms with Crippen LogP contribution in [0, 0.1) is 23.4 Å². The van der Waals surface area contributed by atoms with Gasteiger partial charge in [-0.1, -0.05) is 0 Å². The lowest BCUT2D eigenvalue weighted by atomic mass is 9.85. The molecule has 1 unspecified atom stereocenters. The van der Waals surface area contributed by atoms with E-state index in [4.69, 9.17) is 4.74 Å². The molecule has 1 saturated carbocycles.